The Labute approximate surface area is 127 Å². The second-order valence-electron chi connectivity index (χ2n) is 6.40. The Balaban J connectivity index is 0.000000956. The van der Waals surface area contributed by atoms with Gasteiger partial charge in [0.2, 0.25) is 0 Å². The number of rotatable bonds is 3. The second kappa shape index (κ2) is 10.2. The largest absolute Gasteiger partial charge is 0.0914 e. The molecule has 0 amide bonds. The average Bonchev–Trinajstić information content (AvgIpc) is 2.52. The highest BCUT2D eigenvalue weighted by Gasteiger charge is 2.29. The summed E-state index contributed by atoms with van der Waals surface area (Å²) in [5.74, 6) is 3.90. The quantitative estimate of drug-likeness (QED) is 0.498. The number of allylic oxidation sites excluding steroid dienone is 4. The topological polar surface area (TPSA) is 0 Å². The molecule has 0 atom stereocenters. The Kier molecular flexibility index (Phi) is 8.98. The van der Waals surface area contributed by atoms with Crippen molar-refractivity contribution in [1.82, 2.24) is 0 Å². The van der Waals surface area contributed by atoms with Gasteiger partial charge in [-0.2, -0.15) is 0 Å². The van der Waals surface area contributed by atoms with Gasteiger partial charge in [-0.15, -0.1) is 0 Å². The molecule has 0 bridgehead atoms. The van der Waals surface area contributed by atoms with E-state index in [1.807, 2.05) is 13.8 Å². The molecule has 2 saturated carbocycles. The molecule has 0 aromatic heterocycles. The normalized spacial score (nSPS) is 35.0. The molecule has 2 aliphatic carbocycles. The lowest BCUT2D eigenvalue weighted by Gasteiger charge is -2.36. The highest BCUT2D eigenvalue weighted by atomic mass is 14.3. The molecule has 2 rings (SSSR count). The molecule has 2 fully saturated rings. The summed E-state index contributed by atoms with van der Waals surface area (Å²) in [5.41, 5.74) is 0. The van der Waals surface area contributed by atoms with Gasteiger partial charge in [0.05, 0.1) is 0 Å². The van der Waals surface area contributed by atoms with Crippen molar-refractivity contribution in [3.63, 3.8) is 0 Å². The Morgan fingerprint density at radius 3 is 1.10 bits per heavy atom. The van der Waals surface area contributed by atoms with Crippen molar-refractivity contribution in [2.45, 2.75) is 79.1 Å². The zero-order valence-electron chi connectivity index (χ0n) is 14.3. The van der Waals surface area contributed by atoms with E-state index < -0.39 is 0 Å². The number of hydrogen-bond donors (Lipinski definition) is 0. The summed E-state index contributed by atoms with van der Waals surface area (Å²) in [7, 11) is 0. The van der Waals surface area contributed by atoms with Crippen molar-refractivity contribution in [3.8, 4) is 0 Å². The van der Waals surface area contributed by atoms with Gasteiger partial charge in [0, 0.05) is 0 Å². The first-order chi connectivity index (χ1) is 9.83. The Morgan fingerprint density at radius 1 is 0.550 bits per heavy atom. The average molecular weight is 277 g/mol. The molecule has 2 aliphatic rings. The monoisotopic (exact) mass is 276 g/mol. The summed E-state index contributed by atoms with van der Waals surface area (Å²) in [5, 5.41) is 0. The minimum Gasteiger partial charge on any atom is -0.0914 e. The summed E-state index contributed by atoms with van der Waals surface area (Å²) in [6.45, 7) is 8.32. The van der Waals surface area contributed by atoms with Gasteiger partial charge in [-0.25, -0.2) is 0 Å². The molecule has 116 valence electrons. The molecule has 0 unspecified atom stereocenters. The summed E-state index contributed by atoms with van der Waals surface area (Å²) in [6, 6.07) is 0. The van der Waals surface area contributed by atoms with Crippen LogP contribution in [0.3, 0.4) is 0 Å². The molecular formula is C20H36. The van der Waals surface area contributed by atoms with Crippen LogP contribution in [0.25, 0.3) is 0 Å². The third kappa shape index (κ3) is 5.46. The summed E-state index contributed by atoms with van der Waals surface area (Å²) >= 11 is 0. The van der Waals surface area contributed by atoms with Crippen LogP contribution >= 0.6 is 0 Å². The Bertz CT molecular complexity index is 240. The maximum absolute atomic E-state index is 2.43. The maximum atomic E-state index is 2.43. The third-order valence-corrected chi connectivity index (χ3v) is 5.23. The van der Waals surface area contributed by atoms with Crippen LogP contribution in [0.15, 0.2) is 24.3 Å². The van der Waals surface area contributed by atoms with Crippen LogP contribution in [0.2, 0.25) is 0 Å². The lowest BCUT2D eigenvalue weighted by atomic mass is 9.69. The molecular weight excluding hydrogens is 240 g/mol. The van der Waals surface area contributed by atoms with E-state index in [4.69, 9.17) is 0 Å². The first-order valence-electron chi connectivity index (χ1n) is 9.09. The van der Waals surface area contributed by atoms with Gasteiger partial charge in [-0.1, -0.05) is 38.2 Å². The van der Waals surface area contributed by atoms with Crippen LogP contribution in [0, 0.1) is 23.7 Å². The smallest absolute Gasteiger partial charge is 0.0233 e. The zero-order chi connectivity index (χ0) is 14.8. The fourth-order valence-electron chi connectivity index (χ4n) is 4.16. The van der Waals surface area contributed by atoms with Crippen LogP contribution in [-0.4, -0.2) is 0 Å². The van der Waals surface area contributed by atoms with E-state index in [2.05, 4.69) is 38.2 Å². The van der Waals surface area contributed by atoms with Gasteiger partial charge in [0.25, 0.3) is 0 Å². The first kappa shape index (κ1) is 17.5. The van der Waals surface area contributed by atoms with Crippen molar-refractivity contribution >= 4 is 0 Å². The van der Waals surface area contributed by atoms with Crippen LogP contribution in [0.5, 0.6) is 0 Å². The van der Waals surface area contributed by atoms with Gasteiger partial charge >= 0.3 is 0 Å². The van der Waals surface area contributed by atoms with Crippen molar-refractivity contribution in [1.29, 1.82) is 0 Å². The van der Waals surface area contributed by atoms with E-state index in [0.717, 1.165) is 23.7 Å². The molecule has 0 heteroatoms. The van der Waals surface area contributed by atoms with Crippen LogP contribution < -0.4 is 0 Å². The molecule has 0 aromatic rings. The van der Waals surface area contributed by atoms with Gasteiger partial charge in [0.1, 0.15) is 0 Å². The molecule has 0 radical (unpaired) electrons. The van der Waals surface area contributed by atoms with Crippen molar-refractivity contribution in [2.24, 2.45) is 23.7 Å². The highest BCUT2D eigenvalue weighted by molar-refractivity contribution is 4.93. The lowest BCUT2D eigenvalue weighted by Crippen LogP contribution is -2.25. The molecule has 0 saturated heterocycles. The summed E-state index contributed by atoms with van der Waals surface area (Å²) in [4.78, 5) is 0. The van der Waals surface area contributed by atoms with Crippen molar-refractivity contribution in [3.05, 3.63) is 24.3 Å². The predicted molar refractivity (Wildman–Crippen MR) is 91.9 cm³/mol. The lowest BCUT2D eigenvalue weighted by molar-refractivity contribution is 0.166. The number of hydrogen-bond acceptors (Lipinski definition) is 0. The van der Waals surface area contributed by atoms with Crippen LogP contribution in [0.4, 0.5) is 0 Å². The van der Waals surface area contributed by atoms with E-state index in [-0.39, 0.29) is 0 Å². The first-order valence-corrected chi connectivity index (χ1v) is 9.09. The summed E-state index contributed by atoms with van der Waals surface area (Å²) < 4.78 is 0. The van der Waals surface area contributed by atoms with E-state index in [0.29, 0.717) is 0 Å². The molecule has 20 heavy (non-hydrogen) atoms. The zero-order valence-corrected chi connectivity index (χ0v) is 14.3. The van der Waals surface area contributed by atoms with Gasteiger partial charge in [-0.3, -0.25) is 0 Å². The second-order valence-corrected chi connectivity index (χ2v) is 6.40. The standard InChI is InChI=1S/C18H30.C2H6/c1-3-5-15-7-11-17(12-8-15)18-13-9-16(6-4-2)10-14-18;1-2/h3-6,15-18H,7-14H2,1-2H3;1-2H3/b5-3+,6-4+;. The molecule has 0 aromatic carbocycles. The fraction of sp³-hybridized carbons (Fsp3) is 0.800. The fourth-order valence-corrected chi connectivity index (χ4v) is 4.16. The van der Waals surface area contributed by atoms with E-state index in [1.165, 1.54) is 51.4 Å². The van der Waals surface area contributed by atoms with E-state index in [9.17, 15) is 0 Å². The highest BCUT2D eigenvalue weighted by Crippen LogP contribution is 2.41. The third-order valence-electron chi connectivity index (χ3n) is 5.23. The molecule has 0 spiro atoms. The van der Waals surface area contributed by atoms with Gasteiger partial charge in [-0.05, 0) is 88.9 Å². The van der Waals surface area contributed by atoms with Crippen LogP contribution in [0.1, 0.15) is 79.1 Å². The van der Waals surface area contributed by atoms with Crippen molar-refractivity contribution in [2.75, 3.05) is 0 Å². The Hall–Kier alpha value is -0.520. The minimum absolute atomic E-state index is 0.894. The van der Waals surface area contributed by atoms with E-state index in [1.54, 1.807) is 0 Å². The molecule has 0 N–H and O–H groups in total. The molecule has 0 nitrogen and oxygen atoms in total. The van der Waals surface area contributed by atoms with E-state index >= 15 is 0 Å². The Morgan fingerprint density at radius 2 is 0.850 bits per heavy atom. The molecule has 0 heterocycles. The van der Waals surface area contributed by atoms with Gasteiger partial charge in [0.15, 0.2) is 0 Å². The minimum atomic E-state index is 0.894. The molecule has 0 aliphatic heterocycles. The predicted octanol–water partition coefficient (Wildman–Crippen LogP) is 6.78. The maximum Gasteiger partial charge on any atom is -0.0233 e. The SMILES string of the molecule is C/C=C/C1CCC(C2CCC(/C=C/C)CC2)CC1.CC. The summed E-state index contributed by atoms with van der Waals surface area (Å²) in [6.07, 6.45) is 21.1. The van der Waals surface area contributed by atoms with Crippen molar-refractivity contribution < 1.29 is 0 Å². The van der Waals surface area contributed by atoms with Crippen LogP contribution in [-0.2, 0) is 0 Å². The van der Waals surface area contributed by atoms with Gasteiger partial charge < -0.3 is 0 Å².